The van der Waals surface area contributed by atoms with Gasteiger partial charge in [-0.15, -0.1) is 0 Å². The molecule has 0 radical (unpaired) electrons. The van der Waals surface area contributed by atoms with E-state index < -0.39 is 23.1 Å². The van der Waals surface area contributed by atoms with Gasteiger partial charge in [-0.1, -0.05) is 12.1 Å². The maximum atomic E-state index is 13.6. The van der Waals surface area contributed by atoms with Crippen molar-refractivity contribution in [2.24, 2.45) is 0 Å². The minimum Gasteiger partial charge on any atom is -0.387 e. The van der Waals surface area contributed by atoms with Gasteiger partial charge >= 0.3 is 6.18 Å². The predicted molar refractivity (Wildman–Crippen MR) is 56.5 cm³/mol. The van der Waals surface area contributed by atoms with E-state index in [1.165, 1.54) is 18.4 Å². The van der Waals surface area contributed by atoms with E-state index in [0.717, 1.165) is 18.2 Å². The number of alkyl halides is 3. The molecule has 2 rings (SSSR count). The quantitative estimate of drug-likeness (QED) is 0.746. The molecule has 5 heteroatoms. The molecule has 0 aliphatic carbocycles. The van der Waals surface area contributed by atoms with E-state index in [9.17, 15) is 17.6 Å². The first-order valence-corrected chi connectivity index (χ1v) is 4.96. The Labute approximate surface area is 95.4 Å². The molecule has 90 valence electrons. The molecule has 0 atom stereocenters. The lowest BCUT2D eigenvalue weighted by molar-refractivity contribution is -0.137. The number of allylic oxidation sites excluding steroid dienone is 2. The fraction of sp³-hybridized carbons (Fsp3) is 0.167. The van der Waals surface area contributed by atoms with Gasteiger partial charge in [-0.2, -0.15) is 13.2 Å². The maximum absolute atomic E-state index is 13.6. The number of benzene rings is 1. The van der Waals surface area contributed by atoms with Crippen LogP contribution in [0.5, 0.6) is 0 Å². The highest BCUT2D eigenvalue weighted by Crippen LogP contribution is 2.36. The van der Waals surface area contributed by atoms with Crippen LogP contribution in [0.15, 0.2) is 36.6 Å². The average Bonchev–Trinajstić information content (AvgIpc) is 2.28. The Kier molecular flexibility index (Phi) is 2.92. The second kappa shape index (κ2) is 4.24. The van der Waals surface area contributed by atoms with Crippen molar-refractivity contribution in [2.45, 2.75) is 6.18 Å². The molecule has 0 saturated heterocycles. The van der Waals surface area contributed by atoms with Gasteiger partial charge in [0.15, 0.2) is 0 Å². The molecule has 17 heavy (non-hydrogen) atoms. The third-order valence-electron chi connectivity index (χ3n) is 2.43. The molecular formula is C12H9F4N. The Morgan fingerprint density at radius 1 is 1.18 bits per heavy atom. The Bertz CT molecular complexity index is 486. The van der Waals surface area contributed by atoms with Crippen molar-refractivity contribution in [3.63, 3.8) is 0 Å². The van der Waals surface area contributed by atoms with Gasteiger partial charge in [0.2, 0.25) is 0 Å². The summed E-state index contributed by atoms with van der Waals surface area (Å²) in [4.78, 5) is 0. The van der Waals surface area contributed by atoms with Crippen molar-refractivity contribution in [2.75, 3.05) is 6.54 Å². The molecular weight excluding hydrogens is 234 g/mol. The van der Waals surface area contributed by atoms with Crippen LogP contribution in [0.3, 0.4) is 0 Å². The standard InChI is InChI=1S/C12H9F4N/c13-10-3-1-2-9(12(14,15)16)11(10)8-4-6-17-7-5-8/h1-6,17H,7H2. The molecule has 1 N–H and O–H groups in total. The highest BCUT2D eigenvalue weighted by atomic mass is 19.4. The van der Waals surface area contributed by atoms with Gasteiger partial charge in [-0.05, 0) is 30.0 Å². The minimum absolute atomic E-state index is 0.245. The van der Waals surface area contributed by atoms with E-state index >= 15 is 0 Å². The molecule has 1 aromatic carbocycles. The zero-order valence-electron chi connectivity index (χ0n) is 8.68. The van der Waals surface area contributed by atoms with Crippen molar-refractivity contribution < 1.29 is 17.6 Å². The monoisotopic (exact) mass is 243 g/mol. The molecule has 1 heterocycles. The topological polar surface area (TPSA) is 12.0 Å². The fourth-order valence-electron chi connectivity index (χ4n) is 1.69. The van der Waals surface area contributed by atoms with Crippen LogP contribution in [-0.4, -0.2) is 6.54 Å². The molecule has 0 unspecified atom stereocenters. The lowest BCUT2D eigenvalue weighted by atomic mass is 9.97. The molecule has 1 aliphatic rings. The van der Waals surface area contributed by atoms with E-state index in [1.54, 1.807) is 0 Å². The molecule has 0 bridgehead atoms. The second-order valence-electron chi connectivity index (χ2n) is 3.56. The molecule has 1 aromatic rings. The van der Waals surface area contributed by atoms with Crippen LogP contribution in [0.25, 0.3) is 5.57 Å². The van der Waals surface area contributed by atoms with E-state index in [0.29, 0.717) is 6.54 Å². The van der Waals surface area contributed by atoms with Gasteiger partial charge in [-0.25, -0.2) is 4.39 Å². The SMILES string of the molecule is Fc1cccc(C(F)(F)F)c1C1=CCNC=C1. The van der Waals surface area contributed by atoms with Crippen molar-refractivity contribution in [3.05, 3.63) is 53.5 Å². The third kappa shape index (κ3) is 2.33. The van der Waals surface area contributed by atoms with E-state index in [4.69, 9.17) is 0 Å². The Balaban J connectivity index is 2.59. The van der Waals surface area contributed by atoms with E-state index in [-0.39, 0.29) is 5.57 Å². The predicted octanol–water partition coefficient (Wildman–Crippen LogP) is 3.34. The van der Waals surface area contributed by atoms with Crippen LogP contribution in [-0.2, 0) is 6.18 Å². The summed E-state index contributed by atoms with van der Waals surface area (Å²) in [5.41, 5.74) is -1.10. The molecule has 0 fully saturated rings. The first-order valence-electron chi connectivity index (χ1n) is 4.96. The molecule has 0 spiro atoms. The van der Waals surface area contributed by atoms with E-state index in [1.807, 2.05) is 0 Å². The van der Waals surface area contributed by atoms with Crippen molar-refractivity contribution >= 4 is 5.57 Å². The van der Waals surface area contributed by atoms with Gasteiger partial charge < -0.3 is 5.32 Å². The minimum atomic E-state index is -4.56. The van der Waals surface area contributed by atoms with Crippen LogP contribution in [0.2, 0.25) is 0 Å². The number of rotatable bonds is 1. The molecule has 1 nitrogen and oxygen atoms in total. The Hall–Kier alpha value is -1.78. The summed E-state index contributed by atoms with van der Waals surface area (Å²) in [6.45, 7) is 0.386. The van der Waals surface area contributed by atoms with Crippen LogP contribution in [0.4, 0.5) is 17.6 Å². The number of hydrogen-bond acceptors (Lipinski definition) is 1. The number of nitrogens with one attached hydrogen (secondary N) is 1. The summed E-state index contributed by atoms with van der Waals surface area (Å²) in [7, 11) is 0. The largest absolute Gasteiger partial charge is 0.417 e. The highest BCUT2D eigenvalue weighted by molar-refractivity contribution is 5.77. The summed E-state index contributed by atoms with van der Waals surface area (Å²) < 4.78 is 51.8. The zero-order chi connectivity index (χ0) is 12.5. The Morgan fingerprint density at radius 3 is 2.53 bits per heavy atom. The summed E-state index contributed by atoms with van der Waals surface area (Å²) in [6, 6.07) is 2.98. The first kappa shape index (κ1) is 11.7. The van der Waals surface area contributed by atoms with Gasteiger partial charge in [0.05, 0.1) is 5.56 Å². The van der Waals surface area contributed by atoms with Gasteiger partial charge in [0.1, 0.15) is 5.82 Å². The van der Waals surface area contributed by atoms with Gasteiger partial charge in [0.25, 0.3) is 0 Å². The summed E-state index contributed by atoms with van der Waals surface area (Å²) in [5, 5.41) is 2.80. The van der Waals surface area contributed by atoms with Gasteiger partial charge in [-0.3, -0.25) is 0 Å². The number of halogens is 4. The highest BCUT2D eigenvalue weighted by Gasteiger charge is 2.35. The maximum Gasteiger partial charge on any atom is 0.417 e. The van der Waals surface area contributed by atoms with Gasteiger partial charge in [0, 0.05) is 12.1 Å². The van der Waals surface area contributed by atoms with Crippen molar-refractivity contribution in [1.29, 1.82) is 0 Å². The van der Waals surface area contributed by atoms with Crippen LogP contribution in [0.1, 0.15) is 11.1 Å². The number of dihydropyridines is 1. The third-order valence-corrected chi connectivity index (χ3v) is 2.43. The van der Waals surface area contributed by atoms with Crippen molar-refractivity contribution in [1.82, 2.24) is 5.32 Å². The molecule has 0 aromatic heterocycles. The zero-order valence-corrected chi connectivity index (χ0v) is 8.68. The molecule has 0 amide bonds. The normalized spacial score (nSPS) is 15.4. The second-order valence-corrected chi connectivity index (χ2v) is 3.56. The molecule has 1 aliphatic heterocycles. The van der Waals surface area contributed by atoms with Crippen LogP contribution >= 0.6 is 0 Å². The van der Waals surface area contributed by atoms with E-state index in [2.05, 4.69) is 5.32 Å². The lowest BCUT2D eigenvalue weighted by Gasteiger charge is -2.16. The summed E-state index contributed by atoms with van der Waals surface area (Å²) in [6.07, 6.45) is -0.107. The Morgan fingerprint density at radius 2 is 1.94 bits per heavy atom. The van der Waals surface area contributed by atoms with Crippen molar-refractivity contribution in [3.8, 4) is 0 Å². The first-order chi connectivity index (χ1) is 8.00. The number of hydrogen-bond donors (Lipinski definition) is 1. The summed E-state index contributed by atoms with van der Waals surface area (Å²) in [5.74, 6) is -0.863. The fourth-order valence-corrected chi connectivity index (χ4v) is 1.69. The smallest absolute Gasteiger partial charge is 0.387 e. The van der Waals surface area contributed by atoms with Crippen LogP contribution in [0, 0.1) is 5.82 Å². The average molecular weight is 243 g/mol. The summed E-state index contributed by atoms with van der Waals surface area (Å²) >= 11 is 0. The molecule has 0 saturated carbocycles. The van der Waals surface area contributed by atoms with Crippen LogP contribution < -0.4 is 5.32 Å². The lowest BCUT2D eigenvalue weighted by Crippen LogP contribution is -2.13.